The fraction of sp³-hybridized carbons (Fsp3) is 0.438. The van der Waals surface area contributed by atoms with Gasteiger partial charge in [0.25, 0.3) is 0 Å². The van der Waals surface area contributed by atoms with Gasteiger partial charge in [-0.3, -0.25) is 4.68 Å². The van der Waals surface area contributed by atoms with Crippen LogP contribution in [-0.2, 0) is 19.9 Å². The van der Waals surface area contributed by atoms with Crippen LogP contribution in [-0.4, -0.2) is 24.0 Å². The van der Waals surface area contributed by atoms with Crippen LogP contribution < -0.4 is 15.2 Å². The van der Waals surface area contributed by atoms with Gasteiger partial charge >= 0.3 is 0 Å². The molecule has 1 aromatic carbocycles. The van der Waals surface area contributed by atoms with Crippen LogP contribution in [0.2, 0.25) is 0 Å². The first-order valence-electron chi connectivity index (χ1n) is 7.08. The normalized spacial score (nSPS) is 12.2. The lowest BCUT2D eigenvalue weighted by Gasteiger charge is -2.16. The second-order valence-electron chi connectivity index (χ2n) is 5.02. The van der Waals surface area contributed by atoms with Crippen molar-refractivity contribution in [2.45, 2.75) is 25.8 Å². The molecule has 0 spiro atoms. The van der Waals surface area contributed by atoms with E-state index in [0.29, 0.717) is 6.42 Å². The van der Waals surface area contributed by atoms with E-state index in [9.17, 15) is 0 Å². The Kier molecular flexibility index (Phi) is 4.85. The van der Waals surface area contributed by atoms with Crippen LogP contribution in [0.4, 0.5) is 0 Å². The molecule has 2 rings (SSSR count). The van der Waals surface area contributed by atoms with Gasteiger partial charge in [0.1, 0.15) is 11.5 Å². The molecule has 0 fully saturated rings. The Bertz CT molecular complexity index is 608. The number of rotatable bonds is 6. The van der Waals surface area contributed by atoms with Gasteiger partial charge in [-0.05, 0) is 18.6 Å². The van der Waals surface area contributed by atoms with E-state index in [-0.39, 0.29) is 6.04 Å². The van der Waals surface area contributed by atoms with E-state index < -0.39 is 0 Å². The molecule has 114 valence electrons. The molecule has 21 heavy (non-hydrogen) atoms. The maximum atomic E-state index is 6.35. The van der Waals surface area contributed by atoms with Crippen LogP contribution in [0.1, 0.15) is 29.9 Å². The number of aromatic nitrogens is 2. The number of ether oxygens (including phenoxy) is 2. The Morgan fingerprint density at radius 3 is 2.57 bits per heavy atom. The number of aryl methyl sites for hydroxylation is 2. The summed E-state index contributed by atoms with van der Waals surface area (Å²) in [6.45, 7) is 2.10. The van der Waals surface area contributed by atoms with Gasteiger partial charge in [-0.25, -0.2) is 0 Å². The molecule has 1 aromatic heterocycles. The molecule has 0 saturated heterocycles. The predicted octanol–water partition coefficient (Wildman–Crippen LogP) is 2.24. The van der Waals surface area contributed by atoms with Crippen molar-refractivity contribution in [1.82, 2.24) is 9.78 Å². The van der Waals surface area contributed by atoms with Gasteiger partial charge in [-0.15, -0.1) is 0 Å². The Morgan fingerprint density at radius 1 is 1.24 bits per heavy atom. The average Bonchev–Trinajstić information content (AvgIpc) is 2.86. The highest BCUT2D eigenvalue weighted by atomic mass is 16.5. The highest BCUT2D eigenvalue weighted by Gasteiger charge is 2.16. The monoisotopic (exact) mass is 289 g/mol. The molecule has 0 aliphatic rings. The standard InChI is InChI=1S/C16H23N3O2/c1-5-11-8-12(19(2)18-11)9-15(17)14-7-6-13(20-3)10-16(14)21-4/h6-8,10,15H,5,9,17H2,1-4H3. The number of hydrogen-bond acceptors (Lipinski definition) is 4. The van der Waals surface area contributed by atoms with E-state index in [4.69, 9.17) is 15.2 Å². The van der Waals surface area contributed by atoms with Gasteiger partial charge in [0.2, 0.25) is 0 Å². The molecule has 1 unspecified atom stereocenters. The maximum Gasteiger partial charge on any atom is 0.127 e. The summed E-state index contributed by atoms with van der Waals surface area (Å²) < 4.78 is 12.5. The summed E-state index contributed by atoms with van der Waals surface area (Å²) in [5.41, 5.74) is 9.53. The van der Waals surface area contributed by atoms with Gasteiger partial charge in [0.05, 0.1) is 19.9 Å². The van der Waals surface area contributed by atoms with Gasteiger partial charge in [-0.1, -0.05) is 13.0 Å². The molecule has 1 atom stereocenters. The van der Waals surface area contributed by atoms with Crippen molar-refractivity contribution in [2.24, 2.45) is 12.8 Å². The summed E-state index contributed by atoms with van der Waals surface area (Å²) >= 11 is 0. The first-order valence-corrected chi connectivity index (χ1v) is 7.08. The maximum absolute atomic E-state index is 6.35. The largest absolute Gasteiger partial charge is 0.497 e. The fourth-order valence-electron chi connectivity index (χ4n) is 2.40. The minimum absolute atomic E-state index is 0.147. The van der Waals surface area contributed by atoms with Gasteiger partial charge < -0.3 is 15.2 Å². The van der Waals surface area contributed by atoms with Crippen LogP contribution in [0.3, 0.4) is 0 Å². The van der Waals surface area contributed by atoms with Crippen molar-refractivity contribution in [3.05, 3.63) is 41.2 Å². The predicted molar refractivity (Wildman–Crippen MR) is 82.8 cm³/mol. The summed E-state index contributed by atoms with van der Waals surface area (Å²) in [7, 11) is 5.23. The molecule has 1 heterocycles. The third-order valence-electron chi connectivity index (χ3n) is 3.66. The summed E-state index contributed by atoms with van der Waals surface area (Å²) in [4.78, 5) is 0. The van der Waals surface area contributed by atoms with E-state index in [2.05, 4.69) is 18.1 Å². The molecule has 5 nitrogen and oxygen atoms in total. The number of hydrogen-bond donors (Lipinski definition) is 1. The highest BCUT2D eigenvalue weighted by molar-refractivity contribution is 5.42. The molecular weight excluding hydrogens is 266 g/mol. The third kappa shape index (κ3) is 3.36. The van der Waals surface area contributed by atoms with Crippen LogP contribution >= 0.6 is 0 Å². The van der Waals surface area contributed by atoms with Crippen LogP contribution in [0, 0.1) is 0 Å². The summed E-state index contributed by atoms with van der Waals surface area (Å²) in [6, 6.07) is 7.68. The Hall–Kier alpha value is -2.01. The molecule has 0 bridgehead atoms. The number of methoxy groups -OCH3 is 2. The molecule has 2 aromatic rings. The van der Waals surface area contributed by atoms with Crippen molar-refractivity contribution in [1.29, 1.82) is 0 Å². The van der Waals surface area contributed by atoms with Gasteiger partial charge in [0.15, 0.2) is 0 Å². The van der Waals surface area contributed by atoms with Crippen LogP contribution in [0.25, 0.3) is 0 Å². The van der Waals surface area contributed by atoms with Gasteiger partial charge in [-0.2, -0.15) is 5.10 Å². The second kappa shape index (κ2) is 6.63. The lowest BCUT2D eigenvalue weighted by Crippen LogP contribution is -2.16. The van der Waals surface area contributed by atoms with Crippen molar-refractivity contribution in [3.8, 4) is 11.5 Å². The van der Waals surface area contributed by atoms with E-state index >= 15 is 0 Å². The molecule has 0 aliphatic carbocycles. The molecule has 0 radical (unpaired) electrons. The smallest absolute Gasteiger partial charge is 0.127 e. The van der Waals surface area contributed by atoms with E-state index in [1.54, 1.807) is 14.2 Å². The molecule has 5 heteroatoms. The summed E-state index contributed by atoms with van der Waals surface area (Å²) in [6.07, 6.45) is 1.64. The Balaban J connectivity index is 2.23. The lowest BCUT2D eigenvalue weighted by atomic mass is 10.0. The topological polar surface area (TPSA) is 62.3 Å². The zero-order valence-corrected chi connectivity index (χ0v) is 13.1. The van der Waals surface area contributed by atoms with E-state index in [0.717, 1.165) is 34.9 Å². The quantitative estimate of drug-likeness (QED) is 0.886. The summed E-state index contributed by atoms with van der Waals surface area (Å²) in [5.74, 6) is 1.51. The number of benzene rings is 1. The average molecular weight is 289 g/mol. The van der Waals surface area contributed by atoms with Crippen molar-refractivity contribution >= 4 is 0 Å². The van der Waals surface area contributed by atoms with Crippen LogP contribution in [0.5, 0.6) is 11.5 Å². The minimum Gasteiger partial charge on any atom is -0.497 e. The molecule has 0 aliphatic heterocycles. The van der Waals surface area contributed by atoms with E-state index in [1.807, 2.05) is 29.9 Å². The SMILES string of the molecule is CCc1cc(CC(N)c2ccc(OC)cc2OC)n(C)n1. The third-order valence-corrected chi connectivity index (χ3v) is 3.66. The molecule has 2 N–H and O–H groups in total. The van der Waals surface area contributed by atoms with Crippen LogP contribution in [0.15, 0.2) is 24.3 Å². The minimum atomic E-state index is -0.147. The zero-order chi connectivity index (χ0) is 15.4. The van der Waals surface area contributed by atoms with Crippen molar-refractivity contribution < 1.29 is 9.47 Å². The van der Waals surface area contributed by atoms with Gasteiger partial charge in [0, 0.05) is 36.8 Å². The molecule has 0 amide bonds. The Labute approximate surface area is 125 Å². The summed E-state index contributed by atoms with van der Waals surface area (Å²) in [5, 5.41) is 4.46. The zero-order valence-electron chi connectivity index (χ0n) is 13.1. The van der Waals surface area contributed by atoms with E-state index in [1.165, 1.54) is 0 Å². The number of nitrogens with two attached hydrogens (primary N) is 1. The van der Waals surface area contributed by atoms with Crippen molar-refractivity contribution in [3.63, 3.8) is 0 Å². The molecular formula is C16H23N3O2. The first-order chi connectivity index (χ1) is 10.1. The highest BCUT2D eigenvalue weighted by Crippen LogP contribution is 2.30. The first kappa shape index (κ1) is 15.4. The lowest BCUT2D eigenvalue weighted by molar-refractivity contribution is 0.388. The fourth-order valence-corrected chi connectivity index (χ4v) is 2.40. The second-order valence-corrected chi connectivity index (χ2v) is 5.02. The number of nitrogens with zero attached hydrogens (tertiary/aromatic N) is 2. The van der Waals surface area contributed by atoms with Crippen molar-refractivity contribution in [2.75, 3.05) is 14.2 Å². The molecule has 0 saturated carbocycles. The Morgan fingerprint density at radius 2 is 2.00 bits per heavy atom.